The first-order valence-corrected chi connectivity index (χ1v) is 9.82. The summed E-state index contributed by atoms with van der Waals surface area (Å²) in [6.45, 7) is -0.308. The highest BCUT2D eigenvalue weighted by Gasteiger charge is 2.38. The zero-order valence-electron chi connectivity index (χ0n) is 14.5. The lowest BCUT2D eigenvalue weighted by Gasteiger charge is -2.25. The minimum Gasteiger partial charge on any atom is -0.265 e. The Hall–Kier alpha value is -2.94. The molecule has 0 aliphatic rings. The number of hydrogen-bond acceptors (Lipinski definition) is 4. The molecule has 0 radical (unpaired) electrons. The van der Waals surface area contributed by atoms with Gasteiger partial charge in [0.1, 0.15) is 6.33 Å². The van der Waals surface area contributed by atoms with Gasteiger partial charge in [-0.05, 0) is 23.3 Å². The lowest BCUT2D eigenvalue weighted by Crippen LogP contribution is -2.37. The Morgan fingerprint density at radius 3 is 2.18 bits per heavy atom. The van der Waals surface area contributed by atoms with Gasteiger partial charge < -0.3 is 0 Å². The molecule has 0 bridgehead atoms. The Bertz CT molecular complexity index is 1030. The van der Waals surface area contributed by atoms with Gasteiger partial charge in [-0.15, -0.1) is 0 Å². The number of rotatable bonds is 6. The number of alkyl halides is 3. The van der Waals surface area contributed by atoms with Gasteiger partial charge >= 0.3 is 6.18 Å². The molecule has 1 heterocycles. The molecule has 3 aromatic rings. The lowest BCUT2D eigenvalue weighted by atomic mass is 10.1. The number of hydrogen-bond donors (Lipinski definition) is 0. The molecule has 9 heteroatoms. The summed E-state index contributed by atoms with van der Waals surface area (Å²) in [4.78, 5) is 7.60. The second-order valence-electron chi connectivity index (χ2n) is 6.04. The number of nitrogens with zero attached hydrogens (tertiary/aromatic N) is 3. The normalized spacial score (nSPS) is 12.0. The van der Waals surface area contributed by atoms with Crippen molar-refractivity contribution >= 4 is 15.7 Å². The average Bonchev–Trinajstić information content (AvgIpc) is 2.66. The number of sulfonamides is 1. The molecular weight excluding hydrogens is 391 g/mol. The van der Waals surface area contributed by atoms with Gasteiger partial charge in [0.2, 0.25) is 10.0 Å². The van der Waals surface area contributed by atoms with Crippen molar-refractivity contribution in [1.29, 1.82) is 0 Å². The molecular formula is C19H16F3N3O2S. The summed E-state index contributed by atoms with van der Waals surface area (Å²) in [5.41, 5.74) is 2.02. The minimum atomic E-state index is -4.86. The predicted molar refractivity (Wildman–Crippen MR) is 99.9 cm³/mol. The van der Waals surface area contributed by atoms with Gasteiger partial charge in [-0.25, -0.2) is 18.4 Å². The first-order valence-electron chi connectivity index (χ1n) is 8.21. The van der Waals surface area contributed by atoms with E-state index < -0.39 is 22.0 Å². The minimum absolute atomic E-state index is 0.134. The van der Waals surface area contributed by atoms with Gasteiger partial charge in [0.25, 0.3) is 0 Å². The molecule has 0 spiro atoms. The fourth-order valence-electron chi connectivity index (χ4n) is 2.68. The molecule has 0 unspecified atom stereocenters. The molecule has 2 aromatic carbocycles. The van der Waals surface area contributed by atoms with Crippen LogP contribution in [0, 0.1) is 0 Å². The Morgan fingerprint density at radius 2 is 1.54 bits per heavy atom. The molecule has 0 N–H and O–H groups in total. The van der Waals surface area contributed by atoms with Gasteiger partial charge in [-0.2, -0.15) is 13.2 Å². The molecule has 1 aromatic heterocycles. The van der Waals surface area contributed by atoms with E-state index in [4.69, 9.17) is 0 Å². The van der Waals surface area contributed by atoms with Crippen molar-refractivity contribution in [2.75, 3.05) is 10.1 Å². The number of benzene rings is 2. The molecule has 5 nitrogen and oxygen atoms in total. The third kappa shape index (κ3) is 5.07. The van der Waals surface area contributed by atoms with Crippen LogP contribution in [-0.2, 0) is 16.6 Å². The van der Waals surface area contributed by atoms with Crippen LogP contribution < -0.4 is 4.31 Å². The molecule has 0 amide bonds. The van der Waals surface area contributed by atoms with E-state index in [0.717, 1.165) is 9.87 Å². The van der Waals surface area contributed by atoms with Crippen molar-refractivity contribution in [2.24, 2.45) is 0 Å². The van der Waals surface area contributed by atoms with Crippen LogP contribution in [0.2, 0.25) is 0 Å². The van der Waals surface area contributed by atoms with Crippen molar-refractivity contribution in [1.82, 2.24) is 9.97 Å². The van der Waals surface area contributed by atoms with Crippen molar-refractivity contribution in [3.8, 4) is 11.1 Å². The van der Waals surface area contributed by atoms with E-state index in [1.165, 1.54) is 24.8 Å². The molecule has 146 valence electrons. The summed E-state index contributed by atoms with van der Waals surface area (Å²) < 4.78 is 64.5. The Morgan fingerprint density at radius 1 is 0.893 bits per heavy atom. The van der Waals surface area contributed by atoms with Gasteiger partial charge in [0.05, 0.1) is 12.2 Å². The maximum atomic E-state index is 12.9. The molecule has 0 fully saturated rings. The molecule has 0 saturated carbocycles. The summed E-state index contributed by atoms with van der Waals surface area (Å²) in [6.07, 6.45) is -0.871. The zero-order valence-corrected chi connectivity index (χ0v) is 15.4. The standard InChI is InChI=1S/C19H16F3N3O2S/c20-19(21,22)13-28(26,27)25(12-15-10-23-14-24-11-15)18-8-4-7-17(9-18)16-5-2-1-3-6-16/h1-11,14H,12-13H2. The van der Waals surface area contributed by atoms with Crippen LogP contribution in [0.5, 0.6) is 0 Å². The predicted octanol–water partition coefficient (Wildman–Crippen LogP) is 4.04. The third-order valence-corrected chi connectivity index (χ3v) is 5.57. The van der Waals surface area contributed by atoms with Crippen molar-refractivity contribution in [3.63, 3.8) is 0 Å². The highest BCUT2D eigenvalue weighted by atomic mass is 32.2. The first kappa shape index (κ1) is 19.8. The SMILES string of the molecule is O=S(=O)(CC(F)(F)F)N(Cc1cncnc1)c1cccc(-c2ccccc2)c1. The van der Waals surface area contributed by atoms with Crippen LogP contribution in [-0.4, -0.2) is 30.3 Å². The van der Waals surface area contributed by atoms with E-state index in [1.54, 1.807) is 18.2 Å². The largest absolute Gasteiger partial charge is 0.404 e. The quantitative estimate of drug-likeness (QED) is 0.619. The monoisotopic (exact) mass is 407 g/mol. The third-order valence-electron chi connectivity index (χ3n) is 3.86. The summed E-state index contributed by atoms with van der Waals surface area (Å²) in [6, 6.07) is 15.5. The molecule has 0 aliphatic carbocycles. The molecule has 0 aliphatic heterocycles. The topological polar surface area (TPSA) is 63.2 Å². The van der Waals surface area contributed by atoms with Crippen LogP contribution >= 0.6 is 0 Å². The van der Waals surface area contributed by atoms with Gasteiger partial charge in [0, 0.05) is 18.0 Å². The maximum absolute atomic E-state index is 12.9. The zero-order chi connectivity index (χ0) is 20.2. The smallest absolute Gasteiger partial charge is 0.265 e. The van der Waals surface area contributed by atoms with Gasteiger partial charge in [-0.1, -0.05) is 42.5 Å². The van der Waals surface area contributed by atoms with Crippen molar-refractivity contribution < 1.29 is 21.6 Å². The van der Waals surface area contributed by atoms with Crippen LogP contribution in [0.15, 0.2) is 73.3 Å². The molecule has 0 atom stereocenters. The fraction of sp³-hybridized carbons (Fsp3) is 0.158. The first-order chi connectivity index (χ1) is 13.2. The summed E-state index contributed by atoms with van der Waals surface area (Å²) in [7, 11) is -4.68. The Labute approximate surface area is 160 Å². The fourth-order valence-corrected chi connectivity index (χ4v) is 4.03. The van der Waals surface area contributed by atoms with E-state index in [9.17, 15) is 21.6 Å². The summed E-state index contributed by atoms with van der Waals surface area (Å²) >= 11 is 0. The highest BCUT2D eigenvalue weighted by molar-refractivity contribution is 7.92. The highest BCUT2D eigenvalue weighted by Crippen LogP contribution is 2.29. The summed E-state index contributed by atoms with van der Waals surface area (Å²) in [5.74, 6) is -1.96. The average molecular weight is 407 g/mol. The maximum Gasteiger partial charge on any atom is 0.404 e. The Balaban J connectivity index is 2.04. The van der Waals surface area contributed by atoms with E-state index in [2.05, 4.69) is 9.97 Å². The van der Waals surface area contributed by atoms with Crippen LogP contribution in [0.3, 0.4) is 0 Å². The van der Waals surface area contributed by atoms with Gasteiger partial charge in [0.15, 0.2) is 5.75 Å². The van der Waals surface area contributed by atoms with Crippen LogP contribution in [0.25, 0.3) is 11.1 Å². The summed E-state index contributed by atoms with van der Waals surface area (Å²) in [5, 5.41) is 0. The van der Waals surface area contributed by atoms with E-state index in [0.29, 0.717) is 11.1 Å². The van der Waals surface area contributed by atoms with Crippen LogP contribution in [0.1, 0.15) is 5.56 Å². The molecule has 0 saturated heterocycles. The van der Waals surface area contributed by atoms with Crippen molar-refractivity contribution in [2.45, 2.75) is 12.7 Å². The van der Waals surface area contributed by atoms with Gasteiger partial charge in [-0.3, -0.25) is 4.31 Å². The lowest BCUT2D eigenvalue weighted by molar-refractivity contribution is -0.106. The van der Waals surface area contributed by atoms with E-state index in [-0.39, 0.29) is 12.2 Å². The second-order valence-corrected chi connectivity index (χ2v) is 7.93. The number of halogens is 3. The number of aromatic nitrogens is 2. The molecule has 3 rings (SSSR count). The molecule has 28 heavy (non-hydrogen) atoms. The number of anilines is 1. The second kappa shape index (κ2) is 7.97. The van der Waals surface area contributed by atoms with Crippen LogP contribution in [0.4, 0.5) is 18.9 Å². The van der Waals surface area contributed by atoms with E-state index >= 15 is 0 Å². The van der Waals surface area contributed by atoms with Crippen molar-refractivity contribution in [3.05, 3.63) is 78.9 Å². The van der Waals surface area contributed by atoms with E-state index in [1.807, 2.05) is 30.3 Å². The Kier molecular flexibility index (Phi) is 5.64.